The van der Waals surface area contributed by atoms with Gasteiger partial charge in [0, 0.05) is 6.07 Å². The van der Waals surface area contributed by atoms with Gasteiger partial charge in [0.05, 0.1) is 23.7 Å². The molecular weight excluding hydrogens is 278 g/mol. The van der Waals surface area contributed by atoms with Gasteiger partial charge in [-0.2, -0.15) is 0 Å². The molecule has 0 saturated carbocycles. The van der Waals surface area contributed by atoms with Crippen molar-refractivity contribution in [2.45, 2.75) is 19.4 Å². The summed E-state index contributed by atoms with van der Waals surface area (Å²) in [5.74, 6) is 1.82. The van der Waals surface area contributed by atoms with Crippen molar-refractivity contribution in [3.05, 3.63) is 53.9 Å². The Morgan fingerprint density at radius 3 is 2.73 bits per heavy atom. The SMILES string of the molecule is CCOc1ccc2nc(C(N)Cc3ccc(O)cc3)[nH]c2c1. The van der Waals surface area contributed by atoms with Crippen LogP contribution in [0.2, 0.25) is 0 Å². The maximum Gasteiger partial charge on any atom is 0.124 e. The fraction of sp³-hybridized carbons (Fsp3) is 0.235. The predicted octanol–water partition coefficient (Wildman–Crippen LogP) is 2.91. The number of rotatable bonds is 5. The maximum absolute atomic E-state index is 9.31. The van der Waals surface area contributed by atoms with E-state index in [1.807, 2.05) is 37.3 Å². The highest BCUT2D eigenvalue weighted by molar-refractivity contribution is 5.76. The molecule has 22 heavy (non-hydrogen) atoms. The van der Waals surface area contributed by atoms with E-state index in [9.17, 15) is 5.11 Å². The summed E-state index contributed by atoms with van der Waals surface area (Å²) in [4.78, 5) is 7.80. The van der Waals surface area contributed by atoms with Crippen molar-refractivity contribution in [2.75, 3.05) is 6.61 Å². The van der Waals surface area contributed by atoms with Crippen molar-refractivity contribution in [1.29, 1.82) is 0 Å². The van der Waals surface area contributed by atoms with Gasteiger partial charge in [0.1, 0.15) is 17.3 Å². The van der Waals surface area contributed by atoms with Gasteiger partial charge in [-0.1, -0.05) is 12.1 Å². The van der Waals surface area contributed by atoms with Gasteiger partial charge in [0.25, 0.3) is 0 Å². The average molecular weight is 297 g/mol. The molecule has 0 aliphatic rings. The number of hydrogen-bond donors (Lipinski definition) is 3. The number of ether oxygens (including phenoxy) is 1. The van der Waals surface area contributed by atoms with Crippen LogP contribution in [0.1, 0.15) is 24.4 Å². The summed E-state index contributed by atoms with van der Waals surface area (Å²) in [6.07, 6.45) is 0.651. The van der Waals surface area contributed by atoms with Crippen LogP contribution in [0.25, 0.3) is 11.0 Å². The van der Waals surface area contributed by atoms with Crippen LogP contribution in [0.4, 0.5) is 0 Å². The summed E-state index contributed by atoms with van der Waals surface area (Å²) < 4.78 is 5.49. The maximum atomic E-state index is 9.31. The van der Waals surface area contributed by atoms with Crippen LogP contribution in [0.15, 0.2) is 42.5 Å². The first-order valence-corrected chi connectivity index (χ1v) is 7.31. The zero-order valence-electron chi connectivity index (χ0n) is 12.4. The highest BCUT2D eigenvalue weighted by atomic mass is 16.5. The number of nitrogens with two attached hydrogens (primary N) is 1. The van der Waals surface area contributed by atoms with Gasteiger partial charge in [-0.3, -0.25) is 0 Å². The number of hydrogen-bond acceptors (Lipinski definition) is 4. The summed E-state index contributed by atoms with van der Waals surface area (Å²) >= 11 is 0. The molecule has 0 aliphatic heterocycles. The summed E-state index contributed by atoms with van der Waals surface area (Å²) in [6, 6.07) is 12.6. The Morgan fingerprint density at radius 2 is 2.00 bits per heavy atom. The zero-order chi connectivity index (χ0) is 15.5. The van der Waals surface area contributed by atoms with E-state index in [-0.39, 0.29) is 11.8 Å². The van der Waals surface area contributed by atoms with E-state index in [1.54, 1.807) is 12.1 Å². The van der Waals surface area contributed by atoms with Crippen molar-refractivity contribution in [3.63, 3.8) is 0 Å². The second-order valence-electron chi connectivity index (χ2n) is 5.21. The van der Waals surface area contributed by atoms with Gasteiger partial charge in [-0.25, -0.2) is 4.98 Å². The molecule has 0 amide bonds. The van der Waals surface area contributed by atoms with Crippen LogP contribution < -0.4 is 10.5 Å². The molecule has 3 aromatic rings. The predicted molar refractivity (Wildman–Crippen MR) is 86.0 cm³/mol. The minimum absolute atomic E-state index is 0.229. The molecule has 0 spiro atoms. The van der Waals surface area contributed by atoms with Gasteiger partial charge < -0.3 is 20.6 Å². The Bertz CT molecular complexity index is 765. The van der Waals surface area contributed by atoms with E-state index in [1.165, 1.54) is 0 Å². The number of aromatic hydroxyl groups is 1. The second kappa shape index (κ2) is 6.07. The van der Waals surface area contributed by atoms with Crippen LogP contribution in [-0.4, -0.2) is 21.7 Å². The monoisotopic (exact) mass is 297 g/mol. The minimum Gasteiger partial charge on any atom is -0.508 e. The zero-order valence-corrected chi connectivity index (χ0v) is 12.4. The molecule has 0 saturated heterocycles. The third-order valence-corrected chi connectivity index (χ3v) is 3.53. The number of phenols is 1. The van der Waals surface area contributed by atoms with Crippen LogP contribution >= 0.6 is 0 Å². The first-order chi connectivity index (χ1) is 10.7. The lowest BCUT2D eigenvalue weighted by Crippen LogP contribution is -2.14. The van der Waals surface area contributed by atoms with Crippen LogP contribution in [-0.2, 0) is 6.42 Å². The van der Waals surface area contributed by atoms with E-state index in [0.717, 1.165) is 28.2 Å². The number of phenolic OH excluding ortho intramolecular Hbond substituents is 1. The topological polar surface area (TPSA) is 84.2 Å². The van der Waals surface area contributed by atoms with Gasteiger partial charge >= 0.3 is 0 Å². The van der Waals surface area contributed by atoms with Crippen molar-refractivity contribution in [3.8, 4) is 11.5 Å². The van der Waals surface area contributed by atoms with Crippen molar-refractivity contribution in [1.82, 2.24) is 9.97 Å². The van der Waals surface area contributed by atoms with E-state index in [0.29, 0.717) is 13.0 Å². The van der Waals surface area contributed by atoms with Crippen LogP contribution in [0.3, 0.4) is 0 Å². The van der Waals surface area contributed by atoms with E-state index < -0.39 is 0 Å². The first kappa shape index (κ1) is 14.4. The number of benzene rings is 2. The molecule has 5 heteroatoms. The number of aromatic nitrogens is 2. The fourth-order valence-electron chi connectivity index (χ4n) is 2.42. The number of nitrogens with one attached hydrogen (secondary N) is 1. The minimum atomic E-state index is -0.229. The molecule has 5 nitrogen and oxygen atoms in total. The van der Waals surface area contributed by atoms with Gasteiger partial charge in [-0.05, 0) is 43.2 Å². The molecule has 0 aliphatic carbocycles. The lowest BCUT2D eigenvalue weighted by molar-refractivity contribution is 0.340. The quantitative estimate of drug-likeness (QED) is 0.676. The van der Waals surface area contributed by atoms with Gasteiger partial charge in [-0.15, -0.1) is 0 Å². The first-order valence-electron chi connectivity index (χ1n) is 7.31. The Labute approximate surface area is 128 Å². The number of fused-ring (bicyclic) bond motifs is 1. The fourth-order valence-corrected chi connectivity index (χ4v) is 2.42. The molecule has 0 fully saturated rings. The smallest absolute Gasteiger partial charge is 0.124 e. The third kappa shape index (κ3) is 3.04. The normalized spacial score (nSPS) is 12.5. The summed E-state index contributed by atoms with van der Waals surface area (Å²) in [6.45, 7) is 2.59. The third-order valence-electron chi connectivity index (χ3n) is 3.53. The molecular formula is C17H19N3O2. The van der Waals surface area contributed by atoms with Crippen molar-refractivity contribution in [2.24, 2.45) is 5.73 Å². The lowest BCUT2D eigenvalue weighted by Gasteiger charge is -2.08. The molecule has 1 heterocycles. The summed E-state index contributed by atoms with van der Waals surface area (Å²) in [5, 5.41) is 9.31. The van der Waals surface area contributed by atoms with E-state index in [4.69, 9.17) is 10.5 Å². The van der Waals surface area contributed by atoms with Gasteiger partial charge in [0.2, 0.25) is 0 Å². The summed E-state index contributed by atoms with van der Waals surface area (Å²) in [7, 11) is 0. The number of H-pyrrole nitrogens is 1. The van der Waals surface area contributed by atoms with Crippen LogP contribution in [0, 0.1) is 0 Å². The standard InChI is InChI=1S/C17H19N3O2/c1-2-22-13-7-8-15-16(10-13)20-17(19-15)14(18)9-11-3-5-12(21)6-4-11/h3-8,10,14,21H,2,9,18H2,1H3,(H,19,20). The average Bonchev–Trinajstić information content (AvgIpc) is 2.93. The molecule has 0 radical (unpaired) electrons. The Hall–Kier alpha value is -2.53. The molecule has 3 rings (SSSR count). The largest absolute Gasteiger partial charge is 0.508 e. The Balaban J connectivity index is 1.81. The second-order valence-corrected chi connectivity index (χ2v) is 5.21. The van der Waals surface area contributed by atoms with Crippen molar-refractivity contribution >= 4 is 11.0 Å². The van der Waals surface area contributed by atoms with Crippen molar-refractivity contribution < 1.29 is 9.84 Å². The molecule has 4 N–H and O–H groups in total. The lowest BCUT2D eigenvalue weighted by atomic mass is 10.1. The molecule has 0 bridgehead atoms. The van der Waals surface area contributed by atoms with Crippen LogP contribution in [0.5, 0.6) is 11.5 Å². The molecule has 1 unspecified atom stereocenters. The molecule has 2 aromatic carbocycles. The Kier molecular flexibility index (Phi) is 3.98. The molecule has 114 valence electrons. The number of imidazole rings is 1. The number of nitrogens with zero attached hydrogens (tertiary/aromatic N) is 1. The Morgan fingerprint density at radius 1 is 1.23 bits per heavy atom. The molecule has 1 aromatic heterocycles. The van der Waals surface area contributed by atoms with E-state index >= 15 is 0 Å². The summed E-state index contributed by atoms with van der Waals surface area (Å²) in [5.41, 5.74) is 9.09. The van der Waals surface area contributed by atoms with Gasteiger partial charge in [0.15, 0.2) is 0 Å². The highest BCUT2D eigenvalue weighted by Crippen LogP contribution is 2.22. The van der Waals surface area contributed by atoms with E-state index in [2.05, 4.69) is 9.97 Å². The number of aromatic amines is 1. The molecule has 1 atom stereocenters. The highest BCUT2D eigenvalue weighted by Gasteiger charge is 2.12.